The van der Waals surface area contributed by atoms with Gasteiger partial charge in [-0.3, -0.25) is 4.98 Å². The quantitative estimate of drug-likeness (QED) is 0.376. The van der Waals surface area contributed by atoms with Gasteiger partial charge in [-0.1, -0.05) is 13.8 Å². The van der Waals surface area contributed by atoms with Crippen LogP contribution in [-0.4, -0.2) is 85.1 Å². The van der Waals surface area contributed by atoms with E-state index in [9.17, 15) is 4.79 Å². The van der Waals surface area contributed by atoms with E-state index in [-0.39, 0.29) is 6.04 Å². The first-order valence-electron chi connectivity index (χ1n) is 10.1. The second kappa shape index (κ2) is 13.8. The van der Waals surface area contributed by atoms with Crippen LogP contribution in [0.25, 0.3) is 11.0 Å². The molecule has 12 nitrogen and oxygen atoms in total. The van der Waals surface area contributed by atoms with E-state index in [2.05, 4.69) is 26.8 Å². The molecule has 0 unspecified atom stereocenters. The number of aromatic nitrogens is 3. The molecule has 32 heavy (non-hydrogen) atoms. The Bertz CT molecular complexity index is 866. The monoisotopic (exact) mass is 452 g/mol. The molecule has 0 aliphatic carbocycles. The van der Waals surface area contributed by atoms with Crippen molar-refractivity contribution in [3.8, 4) is 0 Å². The van der Waals surface area contributed by atoms with Gasteiger partial charge in [0.2, 0.25) is 5.95 Å². The lowest BCUT2D eigenvalue weighted by molar-refractivity contribution is -0.159. The summed E-state index contributed by atoms with van der Waals surface area (Å²) < 4.78 is 7.58. The summed E-state index contributed by atoms with van der Waals surface area (Å²) in [4.78, 5) is 39.4. The van der Waals surface area contributed by atoms with Crippen LogP contribution >= 0.6 is 0 Å². The summed E-state index contributed by atoms with van der Waals surface area (Å²) in [6.07, 6.45) is 4.22. The van der Waals surface area contributed by atoms with Gasteiger partial charge in [0.15, 0.2) is 0 Å². The van der Waals surface area contributed by atoms with Gasteiger partial charge in [-0.05, 0) is 25.8 Å². The van der Waals surface area contributed by atoms with Gasteiger partial charge in [-0.2, -0.15) is 0 Å². The third-order valence-electron chi connectivity index (χ3n) is 4.50. The Hall–Kier alpha value is -3.41. The van der Waals surface area contributed by atoms with Crippen LogP contribution in [0.4, 0.5) is 10.7 Å². The Morgan fingerprint density at radius 1 is 1.19 bits per heavy atom. The number of carbonyl (C=O) groups is 3. The number of imidazole rings is 1. The highest BCUT2D eigenvalue weighted by molar-refractivity contribution is 6.27. The maximum absolute atomic E-state index is 11.0. The molecule has 0 atom stereocenters. The van der Waals surface area contributed by atoms with Crippen molar-refractivity contribution in [2.45, 2.75) is 39.3 Å². The number of nitrogens with zero attached hydrogens (tertiary/aromatic N) is 4. The Labute approximate surface area is 185 Å². The van der Waals surface area contributed by atoms with Crippen LogP contribution in [0.3, 0.4) is 0 Å². The molecule has 12 heteroatoms. The third kappa shape index (κ3) is 8.02. The summed E-state index contributed by atoms with van der Waals surface area (Å²) in [6, 6.07) is 2.17. The van der Waals surface area contributed by atoms with Crippen molar-refractivity contribution in [2.75, 3.05) is 31.6 Å². The van der Waals surface area contributed by atoms with Crippen LogP contribution in [0, 0.1) is 6.92 Å². The lowest BCUT2D eigenvalue weighted by Crippen LogP contribution is -2.42. The summed E-state index contributed by atoms with van der Waals surface area (Å²) in [5.41, 5.74) is 1.87. The molecule has 177 valence electrons. The van der Waals surface area contributed by atoms with Crippen molar-refractivity contribution in [3.63, 3.8) is 0 Å². The first-order valence-corrected chi connectivity index (χ1v) is 10.1. The second-order valence-electron chi connectivity index (χ2n) is 6.45. The van der Waals surface area contributed by atoms with E-state index in [1.54, 1.807) is 19.3 Å². The molecule has 3 rings (SSSR count). The van der Waals surface area contributed by atoms with E-state index in [0.717, 1.165) is 29.8 Å². The molecule has 0 saturated carbocycles. The average molecular weight is 452 g/mol. The van der Waals surface area contributed by atoms with Crippen molar-refractivity contribution in [2.24, 2.45) is 0 Å². The average Bonchev–Trinajstić information content (AvgIpc) is 3.13. The van der Waals surface area contributed by atoms with Gasteiger partial charge < -0.3 is 34.8 Å². The van der Waals surface area contributed by atoms with Crippen molar-refractivity contribution >= 4 is 35.0 Å². The number of pyridine rings is 1. The first kappa shape index (κ1) is 26.6. The number of anilines is 1. The summed E-state index contributed by atoms with van der Waals surface area (Å²) in [7, 11) is 0. The van der Waals surface area contributed by atoms with Crippen LogP contribution in [0.1, 0.15) is 26.7 Å². The SMILES string of the molecule is CCOCCn1c(NC2CCN(C(=O)O)CC2)nc2cnccc21.O=C(O)C(=O)O.[CH2]C. The fourth-order valence-corrected chi connectivity index (χ4v) is 3.02. The highest BCUT2D eigenvalue weighted by Gasteiger charge is 2.23. The molecule has 0 aromatic carbocycles. The fraction of sp³-hybridized carbons (Fsp3) is 0.500. The van der Waals surface area contributed by atoms with Crippen LogP contribution in [0.5, 0.6) is 0 Å². The van der Waals surface area contributed by atoms with E-state index in [1.807, 2.05) is 13.0 Å². The number of hydrogen-bond donors (Lipinski definition) is 4. The first-order chi connectivity index (χ1) is 15.3. The molecule has 0 spiro atoms. The number of fused-ring (bicyclic) bond motifs is 1. The lowest BCUT2D eigenvalue weighted by Gasteiger charge is -2.30. The molecule has 1 fully saturated rings. The minimum Gasteiger partial charge on any atom is -0.473 e. The van der Waals surface area contributed by atoms with Crippen molar-refractivity contribution < 1.29 is 34.4 Å². The standard InChI is InChI=1S/C16H23N5O3.C2H2O4.C2H5/c1-2-24-10-9-21-14-3-6-17-11-13(14)19-15(21)18-12-4-7-20(8-5-12)16(22)23;3-1(4)2(5)6;1-2/h3,6,11-12H,2,4-5,7-10H2,1H3,(H,18,19)(H,22,23);(H,3,4)(H,5,6);1H2,2H3. The van der Waals surface area contributed by atoms with Gasteiger partial charge in [-0.25, -0.2) is 19.4 Å². The highest BCUT2D eigenvalue weighted by Crippen LogP contribution is 2.22. The van der Waals surface area contributed by atoms with E-state index >= 15 is 0 Å². The number of nitrogens with one attached hydrogen (secondary N) is 1. The number of aliphatic carboxylic acids is 2. The molecule has 1 amide bonds. The molecule has 1 radical (unpaired) electrons. The number of likely N-dealkylation sites (tertiary alicyclic amines) is 1. The minimum atomic E-state index is -1.82. The maximum atomic E-state index is 11.0. The van der Waals surface area contributed by atoms with Crippen LogP contribution in [-0.2, 0) is 20.9 Å². The summed E-state index contributed by atoms with van der Waals surface area (Å²) >= 11 is 0. The molecule has 1 saturated heterocycles. The van der Waals surface area contributed by atoms with Gasteiger partial charge in [0.1, 0.15) is 5.52 Å². The zero-order valence-corrected chi connectivity index (χ0v) is 18.2. The normalized spacial score (nSPS) is 13.4. The predicted molar refractivity (Wildman–Crippen MR) is 117 cm³/mol. The van der Waals surface area contributed by atoms with Gasteiger partial charge in [0, 0.05) is 38.5 Å². The Morgan fingerprint density at radius 3 is 2.34 bits per heavy atom. The Kier molecular flexibility index (Phi) is 11.5. The topological polar surface area (TPSA) is 167 Å². The van der Waals surface area contributed by atoms with Crippen molar-refractivity contribution in [1.29, 1.82) is 0 Å². The largest absolute Gasteiger partial charge is 0.473 e. The van der Waals surface area contributed by atoms with Crippen LogP contribution < -0.4 is 5.32 Å². The zero-order valence-electron chi connectivity index (χ0n) is 18.2. The molecule has 4 N–H and O–H groups in total. The number of piperidine rings is 1. The number of hydrogen-bond acceptors (Lipinski definition) is 7. The van der Waals surface area contributed by atoms with Crippen molar-refractivity contribution in [3.05, 3.63) is 25.4 Å². The summed E-state index contributed by atoms with van der Waals surface area (Å²) in [6.45, 7) is 10.1. The maximum Gasteiger partial charge on any atom is 0.414 e. The Balaban J connectivity index is 0.000000556. The molecule has 0 bridgehead atoms. The number of ether oxygens (including phenoxy) is 1. The van der Waals surface area contributed by atoms with Gasteiger partial charge in [-0.15, -0.1) is 0 Å². The fourth-order valence-electron chi connectivity index (χ4n) is 3.02. The predicted octanol–water partition coefficient (Wildman–Crippen LogP) is 2.02. The summed E-state index contributed by atoms with van der Waals surface area (Å²) in [5, 5.41) is 27.3. The number of rotatable bonds is 6. The summed E-state index contributed by atoms with van der Waals surface area (Å²) in [5.74, 6) is -2.85. The molecular formula is C20H30N5O7. The molecule has 2 aromatic heterocycles. The molecule has 2 aromatic rings. The van der Waals surface area contributed by atoms with E-state index in [1.165, 1.54) is 4.90 Å². The van der Waals surface area contributed by atoms with Gasteiger partial charge >= 0.3 is 18.0 Å². The number of amides is 1. The van der Waals surface area contributed by atoms with E-state index in [0.29, 0.717) is 32.8 Å². The molecule has 1 aliphatic rings. The highest BCUT2D eigenvalue weighted by atomic mass is 16.5. The smallest absolute Gasteiger partial charge is 0.414 e. The lowest BCUT2D eigenvalue weighted by atomic mass is 10.1. The molecule has 1 aliphatic heterocycles. The van der Waals surface area contributed by atoms with Crippen molar-refractivity contribution in [1.82, 2.24) is 19.4 Å². The van der Waals surface area contributed by atoms with Gasteiger partial charge in [0.05, 0.1) is 18.3 Å². The zero-order chi connectivity index (χ0) is 24.1. The molecular weight excluding hydrogens is 422 g/mol. The van der Waals surface area contributed by atoms with Crippen LogP contribution in [0.2, 0.25) is 0 Å². The van der Waals surface area contributed by atoms with Crippen LogP contribution in [0.15, 0.2) is 18.5 Å². The number of carboxylic acids is 2. The van der Waals surface area contributed by atoms with Gasteiger partial charge in [0.25, 0.3) is 0 Å². The molecule has 3 heterocycles. The third-order valence-corrected chi connectivity index (χ3v) is 4.50. The minimum absolute atomic E-state index is 0.219. The Morgan fingerprint density at radius 2 is 1.81 bits per heavy atom. The second-order valence-corrected chi connectivity index (χ2v) is 6.45. The van der Waals surface area contributed by atoms with E-state index < -0.39 is 18.0 Å². The number of carboxylic acid groups (broad SMARTS) is 3. The van der Waals surface area contributed by atoms with E-state index in [4.69, 9.17) is 29.6 Å².